The van der Waals surface area contributed by atoms with Crippen molar-refractivity contribution in [1.29, 1.82) is 0 Å². The van der Waals surface area contributed by atoms with Gasteiger partial charge in [-0.15, -0.1) is 0 Å². The van der Waals surface area contributed by atoms with E-state index in [9.17, 15) is 23.5 Å². The Balaban J connectivity index is 2.75. The molecule has 1 aliphatic rings. The third-order valence-electron chi connectivity index (χ3n) is 3.12. The minimum absolute atomic E-state index is 0.0652. The van der Waals surface area contributed by atoms with Gasteiger partial charge >= 0.3 is 12.0 Å². The molecule has 0 unspecified atom stereocenters. The summed E-state index contributed by atoms with van der Waals surface area (Å²) in [6.07, 6.45) is -2.63. The van der Waals surface area contributed by atoms with E-state index >= 15 is 0 Å². The Hall–Kier alpha value is -1.48. The maximum Gasteiger partial charge on any atom is 0.329 e. The number of rotatable bonds is 6. The Morgan fingerprint density at radius 1 is 1.35 bits per heavy atom. The zero-order chi connectivity index (χ0) is 15.2. The summed E-state index contributed by atoms with van der Waals surface area (Å²) < 4.78 is 29.8. The van der Waals surface area contributed by atoms with E-state index in [4.69, 9.17) is 9.84 Å². The van der Waals surface area contributed by atoms with Crippen LogP contribution in [0, 0.1) is 0 Å². The number of aliphatic hydroxyl groups is 1. The van der Waals surface area contributed by atoms with Gasteiger partial charge in [-0.25, -0.2) is 18.4 Å². The molecule has 0 spiro atoms. The number of aliphatic hydroxyl groups excluding tert-OH is 1. The topological polar surface area (TPSA) is 99.1 Å². The highest BCUT2D eigenvalue weighted by molar-refractivity contribution is 5.86. The Labute approximate surface area is 114 Å². The van der Waals surface area contributed by atoms with Gasteiger partial charge in [-0.2, -0.15) is 0 Å². The van der Waals surface area contributed by atoms with Crippen molar-refractivity contribution in [3.05, 3.63) is 0 Å². The molecule has 0 aromatic rings. The number of halogens is 2. The summed E-state index contributed by atoms with van der Waals surface area (Å²) in [6.45, 7) is -1.30. The van der Waals surface area contributed by atoms with Crippen LogP contribution in [0.15, 0.2) is 0 Å². The van der Waals surface area contributed by atoms with E-state index in [0.29, 0.717) is 4.90 Å². The first-order valence-electron chi connectivity index (χ1n) is 6.18. The molecule has 1 fully saturated rings. The largest absolute Gasteiger partial charge is 0.480 e. The standard InChI is InChI=1S/C11H18F2N2O5/c12-8(13)7-15(3-4-16)10(19)14-11(9(17)18)1-5-20-6-2-11/h8,16H,1-7H2,(H,14,19)(H,17,18). The first-order valence-corrected chi connectivity index (χ1v) is 6.18. The van der Waals surface area contributed by atoms with E-state index in [2.05, 4.69) is 5.32 Å². The minimum Gasteiger partial charge on any atom is -0.480 e. The van der Waals surface area contributed by atoms with Crippen LogP contribution in [0.5, 0.6) is 0 Å². The molecule has 1 rings (SSSR count). The van der Waals surface area contributed by atoms with Crippen molar-refractivity contribution in [3.8, 4) is 0 Å². The first kappa shape index (κ1) is 16.6. The van der Waals surface area contributed by atoms with E-state index in [0.717, 1.165) is 0 Å². The summed E-state index contributed by atoms with van der Waals surface area (Å²) in [5.41, 5.74) is -1.51. The summed E-state index contributed by atoms with van der Waals surface area (Å²) in [5, 5.41) is 20.3. The molecule has 0 saturated carbocycles. The fraction of sp³-hybridized carbons (Fsp3) is 0.818. The average molecular weight is 296 g/mol. The van der Waals surface area contributed by atoms with Gasteiger partial charge in [0.2, 0.25) is 0 Å². The Kier molecular flexibility index (Phi) is 6.08. The van der Waals surface area contributed by atoms with E-state index < -0.39 is 37.1 Å². The Morgan fingerprint density at radius 2 is 1.95 bits per heavy atom. The van der Waals surface area contributed by atoms with Crippen LogP contribution in [0.3, 0.4) is 0 Å². The van der Waals surface area contributed by atoms with Gasteiger partial charge in [-0.3, -0.25) is 0 Å². The molecule has 0 radical (unpaired) electrons. The van der Waals surface area contributed by atoms with E-state index in [1.165, 1.54) is 0 Å². The Morgan fingerprint density at radius 3 is 2.40 bits per heavy atom. The fourth-order valence-electron chi connectivity index (χ4n) is 1.96. The highest BCUT2D eigenvalue weighted by Gasteiger charge is 2.42. The number of carboxylic acids is 1. The number of urea groups is 1. The van der Waals surface area contributed by atoms with Gasteiger partial charge in [0.1, 0.15) is 5.54 Å². The second kappa shape index (κ2) is 7.34. The summed E-state index contributed by atoms with van der Waals surface area (Å²) in [4.78, 5) is 23.9. The van der Waals surface area contributed by atoms with Crippen molar-refractivity contribution in [3.63, 3.8) is 0 Å². The highest BCUT2D eigenvalue weighted by Crippen LogP contribution is 2.21. The number of amides is 2. The van der Waals surface area contributed by atoms with Crippen LogP contribution in [-0.2, 0) is 9.53 Å². The number of aliphatic carboxylic acids is 1. The number of carboxylic acid groups (broad SMARTS) is 1. The third kappa shape index (κ3) is 4.27. The van der Waals surface area contributed by atoms with Crippen LogP contribution in [-0.4, -0.2) is 72.0 Å². The van der Waals surface area contributed by atoms with Crippen molar-refractivity contribution < 1.29 is 33.3 Å². The minimum atomic E-state index is -2.76. The number of nitrogens with one attached hydrogen (secondary N) is 1. The van der Waals surface area contributed by atoms with Gasteiger partial charge in [0.05, 0.1) is 13.2 Å². The zero-order valence-corrected chi connectivity index (χ0v) is 10.8. The molecule has 2 amide bonds. The van der Waals surface area contributed by atoms with Gasteiger partial charge in [-0.05, 0) is 0 Å². The lowest BCUT2D eigenvalue weighted by Crippen LogP contribution is -2.60. The van der Waals surface area contributed by atoms with Crippen LogP contribution >= 0.6 is 0 Å². The lowest BCUT2D eigenvalue weighted by atomic mass is 9.90. The van der Waals surface area contributed by atoms with Gasteiger partial charge < -0.3 is 25.2 Å². The lowest BCUT2D eigenvalue weighted by molar-refractivity contribution is -0.148. The van der Waals surface area contributed by atoms with Crippen LogP contribution in [0.4, 0.5) is 13.6 Å². The monoisotopic (exact) mass is 296 g/mol. The number of carbonyl (C=O) groups excluding carboxylic acids is 1. The molecule has 7 nitrogen and oxygen atoms in total. The second-order valence-corrected chi connectivity index (χ2v) is 4.49. The molecule has 1 aliphatic heterocycles. The van der Waals surface area contributed by atoms with Crippen molar-refractivity contribution in [2.45, 2.75) is 24.8 Å². The lowest BCUT2D eigenvalue weighted by Gasteiger charge is -2.35. The average Bonchev–Trinajstić information content (AvgIpc) is 2.38. The van der Waals surface area contributed by atoms with Gasteiger partial charge in [0.15, 0.2) is 0 Å². The molecule has 0 aromatic heterocycles. The molecule has 0 bridgehead atoms. The highest BCUT2D eigenvalue weighted by atomic mass is 19.3. The summed E-state index contributed by atoms with van der Waals surface area (Å²) in [6, 6.07) is -0.927. The van der Waals surface area contributed by atoms with Crippen molar-refractivity contribution in [2.75, 3.05) is 32.9 Å². The molecule has 20 heavy (non-hydrogen) atoms. The van der Waals surface area contributed by atoms with Gasteiger partial charge in [0.25, 0.3) is 6.43 Å². The molecular formula is C11H18F2N2O5. The smallest absolute Gasteiger partial charge is 0.329 e. The molecule has 116 valence electrons. The molecule has 1 saturated heterocycles. The maximum atomic E-state index is 12.4. The Bertz CT molecular complexity index is 348. The van der Waals surface area contributed by atoms with E-state index in [-0.39, 0.29) is 32.6 Å². The van der Waals surface area contributed by atoms with Crippen LogP contribution in [0.2, 0.25) is 0 Å². The summed E-state index contributed by atoms with van der Waals surface area (Å²) in [5.74, 6) is -1.23. The van der Waals surface area contributed by atoms with Crippen LogP contribution in [0.25, 0.3) is 0 Å². The number of ether oxygens (including phenoxy) is 1. The van der Waals surface area contributed by atoms with Gasteiger partial charge in [0, 0.05) is 32.6 Å². The summed E-state index contributed by atoms with van der Waals surface area (Å²) in [7, 11) is 0. The number of nitrogens with zero attached hydrogens (tertiary/aromatic N) is 1. The number of carbonyl (C=O) groups is 2. The van der Waals surface area contributed by atoms with Crippen molar-refractivity contribution >= 4 is 12.0 Å². The quantitative estimate of drug-likeness (QED) is 0.635. The zero-order valence-electron chi connectivity index (χ0n) is 10.8. The second-order valence-electron chi connectivity index (χ2n) is 4.49. The van der Waals surface area contributed by atoms with Crippen molar-refractivity contribution in [1.82, 2.24) is 10.2 Å². The van der Waals surface area contributed by atoms with Crippen LogP contribution in [0.1, 0.15) is 12.8 Å². The van der Waals surface area contributed by atoms with Gasteiger partial charge in [-0.1, -0.05) is 0 Å². The van der Waals surface area contributed by atoms with Crippen LogP contribution < -0.4 is 5.32 Å². The fourth-order valence-corrected chi connectivity index (χ4v) is 1.96. The molecule has 0 aromatic carbocycles. The maximum absolute atomic E-state index is 12.4. The number of alkyl halides is 2. The molecule has 3 N–H and O–H groups in total. The van der Waals surface area contributed by atoms with E-state index in [1.807, 2.05) is 0 Å². The third-order valence-corrected chi connectivity index (χ3v) is 3.12. The predicted molar refractivity (Wildman–Crippen MR) is 63.6 cm³/mol. The number of hydrogen-bond acceptors (Lipinski definition) is 4. The molecule has 1 heterocycles. The summed E-state index contributed by atoms with van der Waals surface area (Å²) >= 11 is 0. The molecule has 0 aliphatic carbocycles. The normalized spacial score (nSPS) is 17.8. The molecular weight excluding hydrogens is 278 g/mol. The van der Waals surface area contributed by atoms with E-state index in [1.54, 1.807) is 0 Å². The van der Waals surface area contributed by atoms with Crippen molar-refractivity contribution in [2.24, 2.45) is 0 Å². The predicted octanol–water partition coefficient (Wildman–Crippen LogP) is -0.111. The first-order chi connectivity index (χ1) is 9.41. The molecule has 9 heteroatoms. The number of hydrogen-bond donors (Lipinski definition) is 3. The SMILES string of the molecule is O=C(NC1(C(=O)O)CCOCC1)N(CCO)CC(F)F. The molecule has 0 atom stereocenters.